The van der Waals surface area contributed by atoms with Crippen molar-refractivity contribution in [2.75, 3.05) is 10.8 Å². The third kappa shape index (κ3) is 2.76. The zero-order valence-electron chi connectivity index (χ0n) is 13.1. The van der Waals surface area contributed by atoms with Gasteiger partial charge in [0.1, 0.15) is 11.9 Å². The number of aromatic amines is 1. The molecule has 1 aliphatic rings. The van der Waals surface area contributed by atoms with Gasteiger partial charge in [-0.15, -0.1) is 0 Å². The summed E-state index contributed by atoms with van der Waals surface area (Å²) in [5, 5.41) is 0. The van der Waals surface area contributed by atoms with Gasteiger partial charge in [-0.05, 0) is 38.0 Å². The molecule has 1 unspecified atom stereocenters. The van der Waals surface area contributed by atoms with Crippen molar-refractivity contribution in [2.24, 2.45) is 0 Å². The maximum absolute atomic E-state index is 13.1. The first-order valence-electron chi connectivity index (χ1n) is 7.35. The van der Waals surface area contributed by atoms with Crippen LogP contribution in [0.5, 0.6) is 5.75 Å². The number of aromatic nitrogens is 1. The Hall–Kier alpha value is -1.80. The van der Waals surface area contributed by atoms with Gasteiger partial charge in [-0.2, -0.15) is 0 Å². The lowest BCUT2D eigenvalue weighted by molar-refractivity contribution is 0.219. The number of ether oxygens (including phenoxy) is 1. The average molecular weight is 354 g/mol. The van der Waals surface area contributed by atoms with E-state index in [4.69, 9.17) is 4.74 Å². The number of nitrogens with one attached hydrogen (secondary N) is 1. The molecular formula is C15H18N2O4S2. The van der Waals surface area contributed by atoms with E-state index in [2.05, 4.69) is 4.98 Å². The number of H-pyrrole nitrogens is 1. The van der Waals surface area contributed by atoms with Crippen molar-refractivity contribution in [2.45, 2.75) is 37.5 Å². The Morgan fingerprint density at radius 3 is 2.87 bits per heavy atom. The molecule has 0 aliphatic carbocycles. The molecule has 8 heteroatoms. The van der Waals surface area contributed by atoms with E-state index >= 15 is 0 Å². The zero-order chi connectivity index (χ0) is 16.8. The van der Waals surface area contributed by atoms with Crippen LogP contribution in [0.3, 0.4) is 0 Å². The van der Waals surface area contributed by atoms with Crippen LogP contribution in [0, 0.1) is 6.92 Å². The fourth-order valence-corrected chi connectivity index (χ4v) is 5.72. The number of hydrogen-bond donors (Lipinski definition) is 1. The van der Waals surface area contributed by atoms with Gasteiger partial charge in [0, 0.05) is 5.69 Å². The smallest absolute Gasteiger partial charge is 0.306 e. The summed E-state index contributed by atoms with van der Waals surface area (Å²) in [7, 11) is -3.80. The lowest BCUT2D eigenvalue weighted by atomic mass is 10.2. The van der Waals surface area contributed by atoms with Gasteiger partial charge in [0.25, 0.3) is 10.0 Å². The van der Waals surface area contributed by atoms with Crippen LogP contribution < -0.4 is 13.9 Å². The Labute approximate surface area is 138 Å². The van der Waals surface area contributed by atoms with Crippen LogP contribution in [-0.4, -0.2) is 26.1 Å². The van der Waals surface area contributed by atoms with E-state index in [1.54, 1.807) is 6.07 Å². The average Bonchev–Trinajstić information content (AvgIpc) is 2.87. The summed E-state index contributed by atoms with van der Waals surface area (Å²) in [6, 6.07) is 5.42. The van der Waals surface area contributed by atoms with E-state index in [9.17, 15) is 13.2 Å². The molecule has 6 nitrogen and oxygen atoms in total. The van der Waals surface area contributed by atoms with Gasteiger partial charge in [-0.25, -0.2) is 8.42 Å². The summed E-state index contributed by atoms with van der Waals surface area (Å²) in [5.74, 6) is 0.549. The predicted octanol–water partition coefficient (Wildman–Crippen LogP) is 2.28. The first-order chi connectivity index (χ1) is 10.8. The van der Waals surface area contributed by atoms with Crippen LogP contribution in [0.2, 0.25) is 0 Å². The number of hydrogen-bond acceptors (Lipinski definition) is 5. The molecule has 1 aromatic carbocycles. The molecule has 1 N–H and O–H groups in total. The molecular weight excluding hydrogens is 336 g/mol. The minimum Gasteiger partial charge on any atom is -0.487 e. The van der Waals surface area contributed by atoms with E-state index in [1.165, 1.54) is 4.31 Å². The van der Waals surface area contributed by atoms with Crippen molar-refractivity contribution in [1.82, 2.24) is 4.98 Å². The molecule has 2 heterocycles. The SMILES string of the molecule is CCc1[nH]c(=O)sc1S(=O)(=O)N1CC(C)Oc2cc(C)ccc21. The van der Waals surface area contributed by atoms with E-state index in [1.807, 2.05) is 32.9 Å². The van der Waals surface area contributed by atoms with E-state index in [0.29, 0.717) is 23.6 Å². The van der Waals surface area contributed by atoms with Crippen molar-refractivity contribution in [3.05, 3.63) is 39.1 Å². The molecule has 124 valence electrons. The standard InChI is InChI=1S/C15H18N2O4S2/c1-4-11-14(22-15(18)16-11)23(19,20)17-8-10(3)21-13-7-9(2)5-6-12(13)17/h5-7,10H,4,8H2,1-3H3,(H,16,18). The van der Waals surface area contributed by atoms with Crippen molar-refractivity contribution in [1.29, 1.82) is 0 Å². The molecule has 23 heavy (non-hydrogen) atoms. The number of fused-ring (bicyclic) bond motifs is 1. The van der Waals surface area contributed by atoms with Crippen molar-refractivity contribution in [3.8, 4) is 5.75 Å². The minimum atomic E-state index is -3.80. The number of thiazole rings is 1. The number of aryl methyl sites for hydroxylation is 2. The Balaban J connectivity index is 2.16. The number of benzene rings is 1. The second kappa shape index (κ2) is 5.68. The highest BCUT2D eigenvalue weighted by Gasteiger charge is 2.35. The number of rotatable bonds is 3. The fourth-order valence-electron chi connectivity index (χ4n) is 2.62. The quantitative estimate of drug-likeness (QED) is 0.917. The van der Waals surface area contributed by atoms with Crippen LogP contribution in [-0.2, 0) is 16.4 Å². The largest absolute Gasteiger partial charge is 0.487 e. The molecule has 0 radical (unpaired) electrons. The van der Waals surface area contributed by atoms with Crippen LogP contribution in [0.4, 0.5) is 5.69 Å². The summed E-state index contributed by atoms with van der Waals surface area (Å²) in [4.78, 5) is 13.9. The van der Waals surface area contributed by atoms with Crippen LogP contribution in [0.1, 0.15) is 25.1 Å². The summed E-state index contributed by atoms with van der Waals surface area (Å²) in [5.41, 5.74) is 1.96. The lowest BCUT2D eigenvalue weighted by Crippen LogP contribution is -2.42. The Bertz CT molecular complexity index is 898. The molecule has 0 saturated heterocycles. The van der Waals surface area contributed by atoms with Gasteiger partial charge >= 0.3 is 4.87 Å². The molecule has 0 saturated carbocycles. The highest BCUT2D eigenvalue weighted by Crippen LogP contribution is 2.38. The number of anilines is 1. The van der Waals surface area contributed by atoms with Gasteiger partial charge in [-0.1, -0.05) is 24.3 Å². The van der Waals surface area contributed by atoms with E-state index < -0.39 is 10.0 Å². The minimum absolute atomic E-state index is 0.0885. The third-order valence-electron chi connectivity index (χ3n) is 3.70. The first kappa shape index (κ1) is 16.1. The summed E-state index contributed by atoms with van der Waals surface area (Å²) < 4.78 is 33.4. The third-order valence-corrected chi connectivity index (χ3v) is 6.94. The maximum atomic E-state index is 13.1. The molecule has 0 fully saturated rings. The monoisotopic (exact) mass is 354 g/mol. The molecule has 2 aromatic rings. The van der Waals surface area contributed by atoms with Crippen LogP contribution in [0.25, 0.3) is 0 Å². The predicted molar refractivity (Wildman–Crippen MR) is 90.1 cm³/mol. The van der Waals surface area contributed by atoms with Gasteiger partial charge in [0.05, 0.1) is 12.2 Å². The molecule has 1 aliphatic heterocycles. The summed E-state index contributed by atoms with van der Waals surface area (Å²) in [6.45, 7) is 5.78. The van der Waals surface area contributed by atoms with Gasteiger partial charge in [-0.3, -0.25) is 9.10 Å². The molecule has 0 amide bonds. The van der Waals surface area contributed by atoms with Gasteiger partial charge in [0.2, 0.25) is 0 Å². The Morgan fingerprint density at radius 2 is 2.17 bits per heavy atom. The number of nitrogens with zero attached hydrogens (tertiary/aromatic N) is 1. The second-order valence-electron chi connectivity index (χ2n) is 5.57. The zero-order valence-corrected chi connectivity index (χ0v) is 14.8. The number of sulfonamides is 1. The summed E-state index contributed by atoms with van der Waals surface area (Å²) in [6.07, 6.45) is 0.188. The molecule has 0 bridgehead atoms. The van der Waals surface area contributed by atoms with Crippen molar-refractivity contribution >= 4 is 27.0 Å². The first-order valence-corrected chi connectivity index (χ1v) is 9.60. The van der Waals surface area contributed by atoms with Crippen LogP contribution in [0.15, 0.2) is 27.2 Å². The van der Waals surface area contributed by atoms with Crippen molar-refractivity contribution < 1.29 is 13.2 Å². The lowest BCUT2D eigenvalue weighted by Gasteiger charge is -2.34. The highest BCUT2D eigenvalue weighted by atomic mass is 32.2. The van der Waals surface area contributed by atoms with Gasteiger partial charge < -0.3 is 9.72 Å². The normalized spacial score (nSPS) is 17.7. The Kier molecular flexibility index (Phi) is 3.97. The van der Waals surface area contributed by atoms with E-state index in [-0.39, 0.29) is 21.7 Å². The second-order valence-corrected chi connectivity index (χ2v) is 8.61. The molecule has 1 aromatic heterocycles. The van der Waals surface area contributed by atoms with Crippen molar-refractivity contribution in [3.63, 3.8) is 0 Å². The topological polar surface area (TPSA) is 79.5 Å². The highest BCUT2D eigenvalue weighted by molar-refractivity contribution is 7.94. The molecule has 3 rings (SSSR count). The van der Waals surface area contributed by atoms with Gasteiger partial charge in [0.15, 0.2) is 4.21 Å². The Morgan fingerprint density at radius 1 is 1.43 bits per heavy atom. The van der Waals surface area contributed by atoms with Crippen LogP contribution >= 0.6 is 11.3 Å². The maximum Gasteiger partial charge on any atom is 0.306 e. The molecule has 1 atom stereocenters. The molecule has 0 spiro atoms. The fraction of sp³-hybridized carbons (Fsp3) is 0.400. The summed E-state index contributed by atoms with van der Waals surface area (Å²) >= 11 is 0.737. The van der Waals surface area contributed by atoms with E-state index in [0.717, 1.165) is 16.9 Å².